The Hall–Kier alpha value is -1.92. The number of rotatable bonds is 8. The molecule has 1 aliphatic heterocycles. The summed E-state index contributed by atoms with van der Waals surface area (Å²) >= 11 is 0. The minimum absolute atomic E-state index is 0.0403. The van der Waals surface area contributed by atoms with Crippen LogP contribution in [0.25, 0.3) is 0 Å². The summed E-state index contributed by atoms with van der Waals surface area (Å²) < 4.78 is 10.0. The number of amides is 1. The summed E-state index contributed by atoms with van der Waals surface area (Å²) in [7, 11) is 1.37. The van der Waals surface area contributed by atoms with E-state index < -0.39 is 0 Å². The molecule has 1 saturated heterocycles. The van der Waals surface area contributed by atoms with Crippen molar-refractivity contribution in [2.45, 2.75) is 12.8 Å². The van der Waals surface area contributed by atoms with Crippen LogP contribution >= 0.6 is 0 Å². The Labute approximate surface area is 143 Å². The average molecular weight is 334 g/mol. The molecule has 1 aliphatic rings. The third kappa shape index (κ3) is 5.94. The summed E-state index contributed by atoms with van der Waals surface area (Å²) in [5.41, 5.74) is 0.647. The third-order valence-electron chi connectivity index (χ3n) is 4.13. The monoisotopic (exact) mass is 334 g/mol. The van der Waals surface area contributed by atoms with E-state index in [1.807, 2.05) is 18.2 Å². The van der Waals surface area contributed by atoms with Crippen LogP contribution in [0.5, 0.6) is 0 Å². The van der Waals surface area contributed by atoms with Crippen molar-refractivity contribution in [2.75, 3.05) is 53.0 Å². The largest absolute Gasteiger partial charge is 0.469 e. The lowest BCUT2D eigenvalue weighted by atomic mass is 10.2. The van der Waals surface area contributed by atoms with Crippen molar-refractivity contribution in [3.63, 3.8) is 0 Å². The first-order valence-corrected chi connectivity index (χ1v) is 8.42. The highest BCUT2D eigenvalue weighted by Gasteiger charge is 2.17. The van der Waals surface area contributed by atoms with Crippen molar-refractivity contribution in [1.82, 2.24) is 9.80 Å². The fraction of sp³-hybridized carbons (Fsp3) is 0.556. The first kappa shape index (κ1) is 18.4. The summed E-state index contributed by atoms with van der Waals surface area (Å²) in [6, 6.07) is 9.18. The van der Waals surface area contributed by atoms with Crippen molar-refractivity contribution < 1.29 is 19.1 Å². The van der Waals surface area contributed by atoms with E-state index in [4.69, 9.17) is 4.74 Å². The van der Waals surface area contributed by atoms with Crippen LogP contribution in [0.2, 0.25) is 0 Å². The van der Waals surface area contributed by atoms with Gasteiger partial charge in [0.25, 0.3) is 5.91 Å². The van der Waals surface area contributed by atoms with Gasteiger partial charge in [-0.25, -0.2) is 0 Å². The molecule has 0 saturated carbocycles. The predicted octanol–water partition coefficient (Wildman–Crippen LogP) is 1.41. The fourth-order valence-corrected chi connectivity index (χ4v) is 2.72. The van der Waals surface area contributed by atoms with Gasteiger partial charge in [0.1, 0.15) is 0 Å². The molecule has 0 aliphatic carbocycles. The van der Waals surface area contributed by atoms with Crippen LogP contribution in [0, 0.1) is 0 Å². The van der Waals surface area contributed by atoms with Crippen LogP contribution in [-0.4, -0.2) is 74.7 Å². The van der Waals surface area contributed by atoms with E-state index in [0.29, 0.717) is 18.7 Å². The summed E-state index contributed by atoms with van der Waals surface area (Å²) in [6.45, 7) is 5.36. The highest BCUT2D eigenvalue weighted by atomic mass is 16.5. The Morgan fingerprint density at radius 1 is 1.17 bits per heavy atom. The molecule has 1 aromatic rings. The molecule has 0 aromatic heterocycles. The fourth-order valence-electron chi connectivity index (χ4n) is 2.72. The second-order valence-corrected chi connectivity index (χ2v) is 5.79. The SMILES string of the molecule is COC(=O)CCN(CCCN1CCOCC1)C(=O)c1ccccc1. The molecule has 132 valence electrons. The van der Waals surface area contributed by atoms with E-state index in [0.717, 1.165) is 39.3 Å². The maximum atomic E-state index is 12.7. The zero-order valence-electron chi connectivity index (χ0n) is 14.3. The maximum Gasteiger partial charge on any atom is 0.307 e. The van der Waals surface area contributed by atoms with Crippen LogP contribution in [-0.2, 0) is 14.3 Å². The van der Waals surface area contributed by atoms with E-state index in [9.17, 15) is 9.59 Å². The molecule has 0 unspecified atom stereocenters. The van der Waals surface area contributed by atoms with Crippen molar-refractivity contribution in [3.05, 3.63) is 35.9 Å². The van der Waals surface area contributed by atoms with Gasteiger partial charge < -0.3 is 14.4 Å². The molecule has 24 heavy (non-hydrogen) atoms. The van der Waals surface area contributed by atoms with Crippen molar-refractivity contribution >= 4 is 11.9 Å². The predicted molar refractivity (Wildman–Crippen MR) is 90.9 cm³/mol. The number of methoxy groups -OCH3 is 1. The molecular formula is C18H26N2O4. The molecule has 0 radical (unpaired) electrons. The normalized spacial score (nSPS) is 15.0. The van der Waals surface area contributed by atoms with Gasteiger partial charge in [0.05, 0.1) is 26.7 Å². The number of hydrogen-bond acceptors (Lipinski definition) is 5. The zero-order chi connectivity index (χ0) is 17.2. The molecule has 6 nitrogen and oxygen atoms in total. The molecule has 0 spiro atoms. The molecule has 1 aromatic carbocycles. The average Bonchev–Trinajstić information content (AvgIpc) is 2.65. The Morgan fingerprint density at radius 3 is 2.54 bits per heavy atom. The smallest absolute Gasteiger partial charge is 0.307 e. The van der Waals surface area contributed by atoms with Gasteiger partial charge in [-0.3, -0.25) is 14.5 Å². The van der Waals surface area contributed by atoms with Gasteiger partial charge >= 0.3 is 5.97 Å². The molecular weight excluding hydrogens is 308 g/mol. The maximum absolute atomic E-state index is 12.7. The van der Waals surface area contributed by atoms with Gasteiger partial charge in [0.2, 0.25) is 0 Å². The molecule has 0 bridgehead atoms. The topological polar surface area (TPSA) is 59.1 Å². The van der Waals surface area contributed by atoms with E-state index in [1.165, 1.54) is 7.11 Å². The number of esters is 1. The van der Waals surface area contributed by atoms with E-state index in [-0.39, 0.29) is 18.3 Å². The molecule has 0 atom stereocenters. The van der Waals surface area contributed by atoms with Gasteiger partial charge in [0, 0.05) is 38.3 Å². The van der Waals surface area contributed by atoms with E-state index in [1.54, 1.807) is 17.0 Å². The highest BCUT2D eigenvalue weighted by molar-refractivity contribution is 5.94. The first-order chi connectivity index (χ1) is 11.7. The van der Waals surface area contributed by atoms with Gasteiger partial charge in [-0.2, -0.15) is 0 Å². The van der Waals surface area contributed by atoms with Crippen LogP contribution in [0.4, 0.5) is 0 Å². The number of carbonyl (C=O) groups excluding carboxylic acids is 2. The number of carbonyl (C=O) groups is 2. The minimum atomic E-state index is -0.297. The lowest BCUT2D eigenvalue weighted by molar-refractivity contribution is -0.140. The summed E-state index contributed by atoms with van der Waals surface area (Å²) in [6.07, 6.45) is 1.09. The molecule has 6 heteroatoms. The summed E-state index contributed by atoms with van der Waals surface area (Å²) in [5.74, 6) is -0.337. The van der Waals surface area contributed by atoms with E-state index >= 15 is 0 Å². The molecule has 0 N–H and O–H groups in total. The number of nitrogens with zero attached hydrogens (tertiary/aromatic N) is 2. The lowest BCUT2D eigenvalue weighted by Crippen LogP contribution is -2.39. The Bertz CT molecular complexity index is 515. The van der Waals surface area contributed by atoms with Crippen LogP contribution in [0.1, 0.15) is 23.2 Å². The van der Waals surface area contributed by atoms with Crippen molar-refractivity contribution in [1.29, 1.82) is 0 Å². The van der Waals surface area contributed by atoms with Crippen molar-refractivity contribution in [2.24, 2.45) is 0 Å². The van der Waals surface area contributed by atoms with Gasteiger partial charge in [0.15, 0.2) is 0 Å². The quantitative estimate of drug-likeness (QED) is 0.673. The highest BCUT2D eigenvalue weighted by Crippen LogP contribution is 2.08. The lowest BCUT2D eigenvalue weighted by Gasteiger charge is -2.28. The molecule has 1 amide bonds. The van der Waals surface area contributed by atoms with Crippen LogP contribution < -0.4 is 0 Å². The first-order valence-electron chi connectivity index (χ1n) is 8.42. The summed E-state index contributed by atoms with van der Waals surface area (Å²) in [4.78, 5) is 28.2. The molecule has 1 fully saturated rings. The van der Waals surface area contributed by atoms with E-state index in [2.05, 4.69) is 9.64 Å². The van der Waals surface area contributed by atoms with Gasteiger partial charge in [-0.15, -0.1) is 0 Å². The number of hydrogen-bond donors (Lipinski definition) is 0. The second-order valence-electron chi connectivity index (χ2n) is 5.79. The minimum Gasteiger partial charge on any atom is -0.469 e. The van der Waals surface area contributed by atoms with Crippen LogP contribution in [0.3, 0.4) is 0 Å². The van der Waals surface area contributed by atoms with Crippen LogP contribution in [0.15, 0.2) is 30.3 Å². The Kier molecular flexibility index (Phi) is 7.71. The van der Waals surface area contributed by atoms with Gasteiger partial charge in [-0.1, -0.05) is 18.2 Å². The standard InChI is InChI=1S/C18H26N2O4/c1-23-17(21)8-11-20(18(22)16-6-3-2-4-7-16)10-5-9-19-12-14-24-15-13-19/h2-4,6-7H,5,8-15H2,1H3. The number of ether oxygens (including phenoxy) is 2. The number of benzene rings is 1. The number of morpholine rings is 1. The van der Waals surface area contributed by atoms with Crippen molar-refractivity contribution in [3.8, 4) is 0 Å². The van der Waals surface area contributed by atoms with Gasteiger partial charge in [-0.05, 0) is 18.6 Å². The summed E-state index contributed by atoms with van der Waals surface area (Å²) in [5, 5.41) is 0. The molecule has 1 heterocycles. The third-order valence-corrected chi connectivity index (χ3v) is 4.13. The second kappa shape index (κ2) is 10.1. The Balaban J connectivity index is 1.89. The zero-order valence-corrected chi connectivity index (χ0v) is 14.3. The molecule has 2 rings (SSSR count). The Morgan fingerprint density at radius 2 is 1.88 bits per heavy atom.